The lowest BCUT2D eigenvalue weighted by Gasteiger charge is -2.13. The molecule has 3 aromatic heterocycles. The third kappa shape index (κ3) is 5.11. The van der Waals surface area contributed by atoms with Crippen molar-refractivity contribution in [2.45, 2.75) is 43.8 Å². The first-order valence-corrected chi connectivity index (χ1v) is 12.3. The number of amides is 1. The number of imidazole rings is 1. The van der Waals surface area contributed by atoms with Gasteiger partial charge in [0.05, 0.1) is 17.8 Å². The van der Waals surface area contributed by atoms with E-state index in [-0.39, 0.29) is 16.4 Å². The maximum absolute atomic E-state index is 13.4. The second-order valence-electron chi connectivity index (χ2n) is 9.54. The van der Waals surface area contributed by atoms with Gasteiger partial charge in [-0.05, 0) is 66.5 Å². The minimum Gasteiger partial charge on any atom is -0.364 e. The van der Waals surface area contributed by atoms with Crippen molar-refractivity contribution in [3.8, 4) is 0 Å². The summed E-state index contributed by atoms with van der Waals surface area (Å²) in [5.74, 6) is -0.127. The highest BCUT2D eigenvalue weighted by Crippen LogP contribution is 2.52. The van der Waals surface area contributed by atoms with Crippen molar-refractivity contribution >= 4 is 34.8 Å². The number of rotatable bonds is 7. The molecule has 190 valence electrons. The van der Waals surface area contributed by atoms with Crippen LogP contribution in [0.1, 0.15) is 53.5 Å². The van der Waals surface area contributed by atoms with Crippen LogP contribution >= 0.6 is 11.6 Å². The molecule has 2 N–H and O–H groups in total. The Morgan fingerprint density at radius 3 is 2.68 bits per heavy atom. The molecule has 4 aromatic rings. The van der Waals surface area contributed by atoms with Crippen molar-refractivity contribution in [1.29, 1.82) is 0 Å². The fourth-order valence-electron chi connectivity index (χ4n) is 4.65. The zero-order valence-electron chi connectivity index (χ0n) is 19.5. The van der Waals surface area contributed by atoms with E-state index in [2.05, 4.69) is 37.8 Å². The van der Waals surface area contributed by atoms with Crippen LogP contribution in [-0.4, -0.2) is 25.3 Å². The number of hydrogen-bond acceptors (Lipinski definition) is 5. The number of benzene rings is 1. The van der Waals surface area contributed by atoms with Gasteiger partial charge in [0, 0.05) is 29.4 Å². The Morgan fingerprint density at radius 2 is 1.89 bits per heavy atom. The summed E-state index contributed by atoms with van der Waals surface area (Å²) < 4.78 is 42.3. The van der Waals surface area contributed by atoms with E-state index in [0.717, 1.165) is 17.4 Å². The first-order chi connectivity index (χ1) is 17.7. The number of carbonyl (C=O) groups excluding carboxylic acids is 1. The molecular weight excluding hydrogens is 505 g/mol. The van der Waals surface area contributed by atoms with E-state index in [1.807, 2.05) is 16.7 Å². The molecule has 0 aliphatic heterocycles. The smallest absolute Gasteiger partial charge is 0.364 e. The molecule has 2 aliphatic rings. The molecule has 0 spiro atoms. The molecule has 1 aromatic carbocycles. The third-order valence-corrected chi connectivity index (χ3v) is 7.02. The molecule has 2 unspecified atom stereocenters. The second-order valence-corrected chi connectivity index (χ2v) is 9.98. The number of halogens is 4. The Morgan fingerprint density at radius 1 is 1.08 bits per heavy atom. The number of fused-ring (bicyclic) bond motifs is 1. The minimum atomic E-state index is -4.52. The Hall–Kier alpha value is -3.66. The predicted octanol–water partition coefficient (Wildman–Crippen LogP) is 6.03. The van der Waals surface area contributed by atoms with Gasteiger partial charge < -0.3 is 15.0 Å². The number of aromatic nitrogens is 4. The normalized spacial score (nSPS) is 19.1. The van der Waals surface area contributed by atoms with Crippen molar-refractivity contribution in [2.75, 3.05) is 10.6 Å². The van der Waals surface area contributed by atoms with Gasteiger partial charge in [-0.25, -0.2) is 15.0 Å². The van der Waals surface area contributed by atoms with Crippen molar-refractivity contribution in [1.82, 2.24) is 19.4 Å². The van der Waals surface area contributed by atoms with Crippen molar-refractivity contribution in [2.24, 2.45) is 5.92 Å². The van der Waals surface area contributed by atoms with E-state index < -0.39 is 29.5 Å². The van der Waals surface area contributed by atoms with Crippen LogP contribution in [-0.2, 0) is 17.5 Å². The summed E-state index contributed by atoms with van der Waals surface area (Å²) in [6.07, 6.45) is 3.66. The predicted molar refractivity (Wildman–Crippen MR) is 132 cm³/mol. The lowest BCUT2D eigenvalue weighted by Crippen LogP contribution is -2.17. The first kappa shape index (κ1) is 23.7. The fraction of sp³-hybridized carbons (Fsp3) is 0.308. The maximum Gasteiger partial charge on any atom is 0.416 e. The Labute approximate surface area is 215 Å². The molecular formula is C26H22ClF3N6O. The zero-order valence-corrected chi connectivity index (χ0v) is 20.2. The Balaban J connectivity index is 1.09. The molecule has 2 aliphatic carbocycles. The van der Waals surface area contributed by atoms with Crippen LogP contribution in [0.2, 0.25) is 5.02 Å². The average Bonchev–Trinajstić information content (AvgIpc) is 3.78. The SMILES string of the molecule is O=C(Nc1cc(NCc2cn3cc(C4CC4)ccc3n2)ncn1)C1CC1c1cc(Cl)ccc1C(F)(F)F. The average molecular weight is 527 g/mol. The highest BCUT2D eigenvalue weighted by atomic mass is 35.5. The van der Waals surface area contributed by atoms with Crippen LogP contribution < -0.4 is 10.6 Å². The van der Waals surface area contributed by atoms with Gasteiger partial charge in [0.25, 0.3) is 0 Å². The zero-order chi connectivity index (χ0) is 25.7. The molecule has 0 bridgehead atoms. The molecule has 3 heterocycles. The Bertz CT molecular complexity index is 1500. The standard InChI is InChI=1S/C26H22ClF3N6O/c27-16-4-5-21(26(28,29)30)19(7-16)18-8-20(18)25(37)35-23-9-22(32-13-33-23)31-10-17-12-36-11-15(14-1-2-14)3-6-24(36)34-17/h3-7,9,11-14,18,20H,1-2,8,10H2,(H2,31,32,33,35,37). The van der Waals surface area contributed by atoms with Gasteiger partial charge in [-0.2, -0.15) is 13.2 Å². The topological polar surface area (TPSA) is 84.2 Å². The number of nitrogens with zero attached hydrogens (tertiary/aromatic N) is 4. The van der Waals surface area contributed by atoms with Crippen LogP contribution in [0.5, 0.6) is 0 Å². The molecule has 11 heteroatoms. The van der Waals surface area contributed by atoms with Crippen LogP contribution in [0, 0.1) is 5.92 Å². The number of alkyl halides is 3. The minimum absolute atomic E-state index is 0.0434. The van der Waals surface area contributed by atoms with Crippen LogP contribution in [0.15, 0.2) is 55.1 Å². The molecule has 7 nitrogen and oxygen atoms in total. The molecule has 0 radical (unpaired) electrons. The number of hydrogen-bond donors (Lipinski definition) is 2. The van der Waals surface area contributed by atoms with Gasteiger partial charge in [-0.15, -0.1) is 0 Å². The molecule has 0 saturated heterocycles. The first-order valence-electron chi connectivity index (χ1n) is 12.0. The van der Waals surface area contributed by atoms with Crippen LogP contribution in [0.3, 0.4) is 0 Å². The quantitative estimate of drug-likeness (QED) is 0.307. The van der Waals surface area contributed by atoms with Gasteiger partial charge >= 0.3 is 6.18 Å². The summed E-state index contributed by atoms with van der Waals surface area (Å²) in [5, 5.41) is 6.08. The highest BCUT2D eigenvalue weighted by molar-refractivity contribution is 6.30. The van der Waals surface area contributed by atoms with Crippen LogP contribution in [0.4, 0.5) is 24.8 Å². The number of pyridine rings is 1. The summed E-state index contributed by atoms with van der Waals surface area (Å²) >= 11 is 5.93. The Kier molecular flexibility index (Phi) is 5.78. The van der Waals surface area contributed by atoms with E-state index in [4.69, 9.17) is 11.6 Å². The molecule has 1 amide bonds. The van der Waals surface area contributed by atoms with Crippen molar-refractivity contribution < 1.29 is 18.0 Å². The number of nitrogens with one attached hydrogen (secondary N) is 2. The lowest BCUT2D eigenvalue weighted by atomic mass is 10.0. The van der Waals surface area contributed by atoms with Crippen LogP contribution in [0.25, 0.3) is 5.65 Å². The van der Waals surface area contributed by atoms with Gasteiger partial charge in [0.2, 0.25) is 5.91 Å². The molecule has 2 saturated carbocycles. The van der Waals surface area contributed by atoms with Crippen molar-refractivity contribution in [3.63, 3.8) is 0 Å². The summed E-state index contributed by atoms with van der Waals surface area (Å²) in [5.41, 5.74) is 2.30. The van der Waals surface area contributed by atoms with Gasteiger partial charge in [-0.1, -0.05) is 17.7 Å². The van der Waals surface area contributed by atoms with E-state index in [9.17, 15) is 18.0 Å². The fourth-order valence-corrected chi connectivity index (χ4v) is 4.83. The summed E-state index contributed by atoms with van der Waals surface area (Å²) in [7, 11) is 0. The summed E-state index contributed by atoms with van der Waals surface area (Å²) in [4.78, 5) is 25.6. The number of carbonyl (C=O) groups is 1. The number of anilines is 2. The highest BCUT2D eigenvalue weighted by Gasteiger charge is 2.48. The molecule has 6 rings (SSSR count). The van der Waals surface area contributed by atoms with Gasteiger partial charge in [0.15, 0.2) is 0 Å². The largest absolute Gasteiger partial charge is 0.416 e. The van der Waals surface area contributed by atoms with Crippen molar-refractivity contribution in [3.05, 3.63) is 82.5 Å². The van der Waals surface area contributed by atoms with Gasteiger partial charge in [-0.3, -0.25) is 4.79 Å². The molecule has 2 atom stereocenters. The van der Waals surface area contributed by atoms with E-state index in [0.29, 0.717) is 24.7 Å². The lowest BCUT2D eigenvalue weighted by molar-refractivity contribution is -0.138. The molecule has 2 fully saturated rings. The maximum atomic E-state index is 13.4. The van der Waals surface area contributed by atoms with E-state index in [1.54, 1.807) is 6.07 Å². The summed E-state index contributed by atoms with van der Waals surface area (Å²) in [6, 6.07) is 9.18. The third-order valence-electron chi connectivity index (χ3n) is 6.79. The van der Waals surface area contributed by atoms with E-state index >= 15 is 0 Å². The monoisotopic (exact) mass is 526 g/mol. The second kappa shape index (κ2) is 9.02. The molecule has 37 heavy (non-hydrogen) atoms. The van der Waals surface area contributed by atoms with Gasteiger partial charge in [0.1, 0.15) is 23.6 Å². The van der Waals surface area contributed by atoms with E-state index in [1.165, 1.54) is 36.9 Å². The summed E-state index contributed by atoms with van der Waals surface area (Å²) in [6.45, 7) is 0.421.